The third kappa shape index (κ3) is 2.89. The van der Waals surface area contributed by atoms with E-state index in [-0.39, 0.29) is 11.9 Å². The molecule has 2 heterocycles. The van der Waals surface area contributed by atoms with E-state index >= 15 is 0 Å². The minimum absolute atomic E-state index is 0.0309. The van der Waals surface area contributed by atoms with Crippen molar-refractivity contribution in [1.82, 2.24) is 10.1 Å². The van der Waals surface area contributed by atoms with Crippen LogP contribution in [0.4, 0.5) is 0 Å². The Bertz CT molecular complexity index is 819. The van der Waals surface area contributed by atoms with Crippen LogP contribution in [-0.2, 0) is 6.61 Å². The van der Waals surface area contributed by atoms with Gasteiger partial charge in [-0.2, -0.15) is 0 Å². The van der Waals surface area contributed by atoms with Gasteiger partial charge in [-0.25, -0.2) is 0 Å². The van der Waals surface area contributed by atoms with Crippen LogP contribution >= 0.6 is 0 Å². The molecule has 2 aromatic rings. The largest absolute Gasteiger partial charge is 0.488 e. The molecular weight excluding hydrogens is 328 g/mol. The van der Waals surface area contributed by atoms with Crippen molar-refractivity contribution in [3.63, 3.8) is 0 Å². The molecule has 0 spiro atoms. The Morgan fingerprint density at radius 3 is 2.73 bits per heavy atom. The number of rotatable bonds is 3. The van der Waals surface area contributed by atoms with E-state index in [1.807, 2.05) is 30.0 Å². The van der Waals surface area contributed by atoms with E-state index in [1.54, 1.807) is 0 Å². The second kappa shape index (κ2) is 6.78. The maximum atomic E-state index is 13.3. The summed E-state index contributed by atoms with van der Waals surface area (Å²) in [5.41, 5.74) is 3.18. The zero-order valence-corrected chi connectivity index (χ0v) is 15.7. The minimum Gasteiger partial charge on any atom is -0.488 e. The lowest BCUT2D eigenvalue weighted by molar-refractivity contribution is 0.0542. The summed E-state index contributed by atoms with van der Waals surface area (Å²) in [4.78, 5) is 15.3. The summed E-state index contributed by atoms with van der Waals surface area (Å²) in [5, 5.41) is 4.18. The third-order valence-corrected chi connectivity index (χ3v) is 5.50. The average molecular weight is 354 g/mol. The van der Waals surface area contributed by atoms with Crippen molar-refractivity contribution in [2.75, 3.05) is 0 Å². The van der Waals surface area contributed by atoms with E-state index in [1.165, 1.54) is 19.3 Å². The van der Waals surface area contributed by atoms with Crippen LogP contribution in [0.2, 0.25) is 0 Å². The molecule has 138 valence electrons. The summed E-state index contributed by atoms with van der Waals surface area (Å²) < 4.78 is 11.5. The molecule has 0 unspecified atom stereocenters. The van der Waals surface area contributed by atoms with Crippen LogP contribution in [0.5, 0.6) is 5.75 Å². The van der Waals surface area contributed by atoms with Crippen LogP contribution in [0.1, 0.15) is 67.6 Å². The fourth-order valence-corrected chi connectivity index (χ4v) is 4.22. The second-order valence-corrected chi connectivity index (χ2v) is 7.73. The van der Waals surface area contributed by atoms with Crippen molar-refractivity contribution in [3.05, 3.63) is 35.0 Å². The number of benzene rings is 1. The molecule has 5 heteroatoms. The van der Waals surface area contributed by atoms with Crippen LogP contribution < -0.4 is 4.74 Å². The Balaban J connectivity index is 1.69. The molecule has 26 heavy (non-hydrogen) atoms. The molecule has 1 saturated carbocycles. The molecule has 1 fully saturated rings. The number of ether oxygens (including phenoxy) is 1. The highest BCUT2D eigenvalue weighted by Gasteiger charge is 2.35. The summed E-state index contributed by atoms with van der Waals surface area (Å²) in [6.45, 7) is 6.51. The molecule has 1 amide bonds. The van der Waals surface area contributed by atoms with E-state index in [4.69, 9.17) is 9.26 Å². The van der Waals surface area contributed by atoms with Gasteiger partial charge in [-0.15, -0.1) is 0 Å². The van der Waals surface area contributed by atoms with Gasteiger partial charge in [0.05, 0.1) is 11.1 Å². The monoisotopic (exact) mass is 354 g/mol. The van der Waals surface area contributed by atoms with Gasteiger partial charge in [-0.3, -0.25) is 4.79 Å². The number of aromatic nitrogens is 1. The van der Waals surface area contributed by atoms with Crippen molar-refractivity contribution in [2.24, 2.45) is 0 Å². The molecule has 0 atom stereocenters. The van der Waals surface area contributed by atoms with Crippen molar-refractivity contribution in [2.45, 2.75) is 71.6 Å². The summed E-state index contributed by atoms with van der Waals surface area (Å²) in [5.74, 6) is 1.42. The first-order chi connectivity index (χ1) is 12.6. The third-order valence-electron chi connectivity index (χ3n) is 5.50. The van der Waals surface area contributed by atoms with E-state index < -0.39 is 0 Å². The number of amides is 1. The molecule has 1 aliphatic heterocycles. The highest BCUT2D eigenvalue weighted by Crippen LogP contribution is 2.40. The lowest BCUT2D eigenvalue weighted by Crippen LogP contribution is -2.46. The first-order valence-electron chi connectivity index (χ1n) is 9.61. The van der Waals surface area contributed by atoms with Crippen LogP contribution in [0.15, 0.2) is 22.7 Å². The smallest absolute Gasteiger partial charge is 0.276 e. The van der Waals surface area contributed by atoms with Gasteiger partial charge in [0.15, 0.2) is 11.5 Å². The average Bonchev–Trinajstić information content (AvgIpc) is 3.07. The van der Waals surface area contributed by atoms with Gasteiger partial charge in [-0.1, -0.05) is 36.0 Å². The summed E-state index contributed by atoms with van der Waals surface area (Å²) in [7, 11) is 0. The molecule has 0 saturated heterocycles. The van der Waals surface area contributed by atoms with Crippen LogP contribution in [0.3, 0.4) is 0 Å². The summed E-state index contributed by atoms with van der Waals surface area (Å²) in [6.07, 6.45) is 5.78. The maximum absolute atomic E-state index is 13.3. The quantitative estimate of drug-likeness (QED) is 0.800. The van der Waals surface area contributed by atoms with Crippen LogP contribution in [0, 0.1) is 6.92 Å². The molecule has 5 nitrogen and oxygen atoms in total. The first-order valence-corrected chi connectivity index (χ1v) is 9.61. The first kappa shape index (κ1) is 17.1. The fourth-order valence-electron chi connectivity index (χ4n) is 4.22. The van der Waals surface area contributed by atoms with Crippen LogP contribution in [0.25, 0.3) is 11.3 Å². The predicted octanol–water partition coefficient (Wildman–Crippen LogP) is 4.73. The molecule has 4 rings (SSSR count). The topological polar surface area (TPSA) is 55.6 Å². The molecule has 2 aliphatic rings. The number of hydrogen-bond donors (Lipinski definition) is 0. The molecule has 0 N–H and O–H groups in total. The fraction of sp³-hybridized carbons (Fsp3) is 0.524. The number of aryl methyl sites for hydroxylation is 1. The van der Waals surface area contributed by atoms with Crippen molar-refractivity contribution < 1.29 is 14.1 Å². The summed E-state index contributed by atoms with van der Waals surface area (Å²) >= 11 is 0. The molecular formula is C21H26N2O3. The Morgan fingerprint density at radius 1 is 1.23 bits per heavy atom. The van der Waals surface area contributed by atoms with Crippen LogP contribution in [-0.4, -0.2) is 28.0 Å². The van der Waals surface area contributed by atoms with Gasteiger partial charge >= 0.3 is 0 Å². The lowest BCUT2D eigenvalue weighted by Gasteiger charge is -2.37. The van der Waals surface area contributed by atoms with Gasteiger partial charge in [0.2, 0.25) is 0 Å². The Morgan fingerprint density at radius 2 is 2.00 bits per heavy atom. The van der Waals surface area contributed by atoms with Gasteiger partial charge in [0.25, 0.3) is 5.91 Å². The van der Waals surface area contributed by atoms with Gasteiger partial charge in [0.1, 0.15) is 12.4 Å². The Kier molecular flexibility index (Phi) is 4.47. The molecule has 0 bridgehead atoms. The lowest BCUT2D eigenvalue weighted by atomic mass is 9.92. The van der Waals surface area contributed by atoms with Crippen molar-refractivity contribution in [3.8, 4) is 17.1 Å². The molecule has 1 aromatic heterocycles. The summed E-state index contributed by atoms with van der Waals surface area (Å²) in [6, 6.07) is 6.41. The molecule has 1 aromatic carbocycles. The minimum atomic E-state index is -0.0309. The van der Waals surface area contributed by atoms with Crippen molar-refractivity contribution in [1.29, 1.82) is 0 Å². The highest BCUT2D eigenvalue weighted by atomic mass is 16.5. The standard InChI is InChI=1S/C21H26N2O3/c1-13(2)23(15-7-5-4-6-8-15)21(24)19-17-12-25-18-10-9-14(3)11-16(18)20(17)26-22-19/h9-11,13,15H,4-8,12H2,1-3H3. The number of nitrogens with zero attached hydrogens (tertiary/aromatic N) is 2. The van der Waals surface area contributed by atoms with E-state index in [2.05, 4.69) is 19.0 Å². The maximum Gasteiger partial charge on any atom is 0.276 e. The predicted molar refractivity (Wildman–Crippen MR) is 99.2 cm³/mol. The van der Waals surface area contributed by atoms with E-state index in [0.29, 0.717) is 24.1 Å². The molecule has 0 radical (unpaired) electrons. The van der Waals surface area contributed by atoms with E-state index in [0.717, 1.165) is 35.3 Å². The van der Waals surface area contributed by atoms with Gasteiger partial charge in [0, 0.05) is 12.1 Å². The van der Waals surface area contributed by atoms with Crippen molar-refractivity contribution >= 4 is 5.91 Å². The van der Waals surface area contributed by atoms with Gasteiger partial charge in [-0.05, 0) is 45.7 Å². The Labute approximate surface area is 154 Å². The van der Waals surface area contributed by atoms with E-state index in [9.17, 15) is 4.79 Å². The zero-order valence-electron chi connectivity index (χ0n) is 15.7. The zero-order chi connectivity index (χ0) is 18.3. The normalized spacial score (nSPS) is 16.8. The number of carbonyl (C=O) groups is 1. The number of hydrogen-bond acceptors (Lipinski definition) is 4. The molecule has 1 aliphatic carbocycles. The SMILES string of the molecule is Cc1ccc2c(c1)-c1onc(C(=O)N(C(C)C)C3CCCCC3)c1CO2. The Hall–Kier alpha value is -2.30. The number of fused-ring (bicyclic) bond motifs is 3. The van der Waals surface area contributed by atoms with Gasteiger partial charge < -0.3 is 14.2 Å². The highest BCUT2D eigenvalue weighted by molar-refractivity contribution is 5.96. The second-order valence-electron chi connectivity index (χ2n) is 7.73. The number of carbonyl (C=O) groups excluding carboxylic acids is 1.